The molecule has 2 aromatic rings. The van der Waals surface area contributed by atoms with Gasteiger partial charge in [0.2, 0.25) is 0 Å². The molecule has 1 amide bonds. The summed E-state index contributed by atoms with van der Waals surface area (Å²) in [6.07, 6.45) is 0. The molecule has 1 N–H and O–H groups in total. The smallest absolute Gasteiger partial charge is 0.295 e. The second-order valence-electron chi connectivity index (χ2n) is 7.65. The van der Waals surface area contributed by atoms with E-state index in [2.05, 4.69) is 4.90 Å². The first-order valence-corrected chi connectivity index (χ1v) is 11.4. The number of aliphatic hydroxyl groups excluding tert-OH is 1. The van der Waals surface area contributed by atoms with Crippen molar-refractivity contribution in [2.45, 2.75) is 26.8 Å². The lowest BCUT2D eigenvalue weighted by Gasteiger charge is -2.28. The van der Waals surface area contributed by atoms with Crippen molar-refractivity contribution < 1.29 is 23.8 Å². The number of likely N-dealkylation sites (N-methyl/N-ethyl adjacent to an activating group) is 1. The van der Waals surface area contributed by atoms with Crippen molar-refractivity contribution in [1.29, 1.82) is 0 Å². The summed E-state index contributed by atoms with van der Waals surface area (Å²) in [6.45, 7) is 8.73. The first-order chi connectivity index (χ1) is 15.8. The van der Waals surface area contributed by atoms with Crippen LogP contribution in [0, 0.1) is 5.82 Å². The van der Waals surface area contributed by atoms with Crippen LogP contribution in [-0.2, 0) is 9.59 Å². The Hall–Kier alpha value is -2.90. The van der Waals surface area contributed by atoms with Crippen LogP contribution >= 0.6 is 11.6 Å². The Labute approximate surface area is 198 Å². The van der Waals surface area contributed by atoms with E-state index in [1.54, 1.807) is 12.1 Å². The van der Waals surface area contributed by atoms with Crippen molar-refractivity contribution >= 4 is 29.1 Å². The van der Waals surface area contributed by atoms with Gasteiger partial charge in [-0.15, -0.1) is 0 Å². The second-order valence-corrected chi connectivity index (χ2v) is 8.06. The van der Waals surface area contributed by atoms with Gasteiger partial charge in [0.15, 0.2) is 0 Å². The van der Waals surface area contributed by atoms with Crippen molar-refractivity contribution in [3.63, 3.8) is 0 Å². The number of ether oxygens (including phenoxy) is 1. The Bertz CT molecular complexity index is 1050. The quantitative estimate of drug-likeness (QED) is 0.325. The maximum atomic E-state index is 13.6. The summed E-state index contributed by atoms with van der Waals surface area (Å²) in [5.41, 5.74) is 0.775. The summed E-state index contributed by atoms with van der Waals surface area (Å²) >= 11 is 6.27. The first-order valence-electron chi connectivity index (χ1n) is 11.0. The molecule has 0 spiro atoms. The zero-order chi connectivity index (χ0) is 24.1. The number of amides is 1. The molecule has 1 aliphatic heterocycles. The molecule has 0 aromatic heterocycles. The highest BCUT2D eigenvalue weighted by Gasteiger charge is 2.46. The number of rotatable bonds is 9. The van der Waals surface area contributed by atoms with Crippen molar-refractivity contribution in [2.24, 2.45) is 0 Å². The van der Waals surface area contributed by atoms with E-state index < -0.39 is 23.5 Å². The SMILES string of the molecule is CCOc1ccc(C(O)=C2C(=O)C(=O)N(CCN(CC)CC)[C@H]2c2ccc(F)cc2)cc1Cl. The summed E-state index contributed by atoms with van der Waals surface area (Å²) in [6, 6.07) is 9.42. The van der Waals surface area contributed by atoms with Gasteiger partial charge < -0.3 is 19.6 Å². The lowest BCUT2D eigenvalue weighted by molar-refractivity contribution is -0.140. The topological polar surface area (TPSA) is 70.1 Å². The number of carbonyl (C=O) groups excluding carboxylic acids is 2. The summed E-state index contributed by atoms with van der Waals surface area (Å²) in [5, 5.41) is 11.4. The molecule has 8 heteroatoms. The molecule has 0 saturated carbocycles. The predicted octanol–water partition coefficient (Wildman–Crippen LogP) is 4.64. The molecule has 176 valence electrons. The van der Waals surface area contributed by atoms with E-state index >= 15 is 0 Å². The van der Waals surface area contributed by atoms with Gasteiger partial charge in [-0.1, -0.05) is 37.6 Å². The van der Waals surface area contributed by atoms with E-state index in [9.17, 15) is 19.1 Å². The van der Waals surface area contributed by atoms with Crippen LogP contribution in [-0.4, -0.2) is 59.4 Å². The maximum absolute atomic E-state index is 13.6. The number of hydrogen-bond acceptors (Lipinski definition) is 5. The van der Waals surface area contributed by atoms with Gasteiger partial charge in [0.1, 0.15) is 17.3 Å². The molecule has 1 fully saturated rings. The van der Waals surface area contributed by atoms with Crippen molar-refractivity contribution in [1.82, 2.24) is 9.80 Å². The zero-order valence-corrected chi connectivity index (χ0v) is 19.7. The standard InChI is InChI=1S/C25H28ClFN2O4/c1-4-28(5-2)13-14-29-22(16-7-10-18(27)11-8-16)21(24(31)25(29)32)23(30)17-9-12-20(33-6-3)19(26)15-17/h7-12,15,22,30H,4-6,13-14H2,1-3H3/t22-/m0/s1. The summed E-state index contributed by atoms with van der Waals surface area (Å²) in [5.74, 6) is -1.80. The van der Waals surface area contributed by atoms with Gasteiger partial charge >= 0.3 is 0 Å². The lowest BCUT2D eigenvalue weighted by atomic mass is 9.95. The highest BCUT2D eigenvalue weighted by Crippen LogP contribution is 2.40. The van der Waals surface area contributed by atoms with Crippen molar-refractivity contribution in [3.05, 3.63) is 70.0 Å². The van der Waals surface area contributed by atoms with E-state index in [0.717, 1.165) is 13.1 Å². The summed E-state index contributed by atoms with van der Waals surface area (Å²) < 4.78 is 19.0. The molecule has 3 rings (SSSR count). The third-order valence-corrected chi connectivity index (χ3v) is 6.08. The Morgan fingerprint density at radius 3 is 2.36 bits per heavy atom. The fourth-order valence-corrected chi connectivity index (χ4v) is 4.20. The number of halogens is 2. The van der Waals surface area contributed by atoms with Crippen LogP contribution in [0.5, 0.6) is 5.75 Å². The van der Waals surface area contributed by atoms with Gasteiger partial charge in [-0.2, -0.15) is 0 Å². The van der Waals surface area contributed by atoms with E-state index in [1.165, 1.54) is 35.2 Å². The molecule has 33 heavy (non-hydrogen) atoms. The number of carbonyl (C=O) groups is 2. The summed E-state index contributed by atoms with van der Waals surface area (Å²) in [7, 11) is 0. The molecule has 1 aliphatic rings. The molecule has 0 radical (unpaired) electrons. The van der Waals surface area contributed by atoms with Crippen LogP contribution in [0.25, 0.3) is 5.76 Å². The van der Waals surface area contributed by atoms with E-state index in [0.29, 0.717) is 24.5 Å². The third kappa shape index (κ3) is 5.20. The average Bonchev–Trinajstić information content (AvgIpc) is 3.06. The number of Topliss-reactive ketones (excluding diaryl/α,β-unsaturated/α-hetero) is 1. The molecule has 6 nitrogen and oxygen atoms in total. The minimum Gasteiger partial charge on any atom is -0.507 e. The summed E-state index contributed by atoms with van der Waals surface area (Å²) in [4.78, 5) is 29.6. The molecule has 0 aliphatic carbocycles. The zero-order valence-electron chi connectivity index (χ0n) is 19.0. The number of aliphatic hydroxyl groups is 1. The molecule has 1 heterocycles. The third-order valence-electron chi connectivity index (χ3n) is 5.78. The highest BCUT2D eigenvalue weighted by atomic mass is 35.5. The average molecular weight is 475 g/mol. The second kappa shape index (κ2) is 10.8. The van der Waals surface area contributed by atoms with Crippen LogP contribution in [0.2, 0.25) is 5.02 Å². The Balaban J connectivity index is 2.09. The predicted molar refractivity (Wildman–Crippen MR) is 126 cm³/mol. The van der Waals surface area contributed by atoms with Gasteiger partial charge in [0.05, 0.1) is 23.2 Å². The molecule has 0 bridgehead atoms. The maximum Gasteiger partial charge on any atom is 0.295 e. The fourth-order valence-electron chi connectivity index (χ4n) is 3.97. The number of likely N-dealkylation sites (tertiary alicyclic amines) is 1. The lowest BCUT2D eigenvalue weighted by Crippen LogP contribution is -2.38. The van der Waals surface area contributed by atoms with E-state index in [1.807, 2.05) is 20.8 Å². The van der Waals surface area contributed by atoms with Crippen LogP contribution < -0.4 is 4.74 Å². The van der Waals surface area contributed by atoms with E-state index in [4.69, 9.17) is 16.3 Å². The monoisotopic (exact) mass is 474 g/mol. The number of ketones is 1. The molecule has 0 unspecified atom stereocenters. The minimum atomic E-state index is -0.841. The molecule has 1 saturated heterocycles. The van der Waals surface area contributed by atoms with Crippen molar-refractivity contribution in [3.8, 4) is 5.75 Å². The van der Waals surface area contributed by atoms with Gasteiger partial charge in [-0.05, 0) is 55.9 Å². The highest BCUT2D eigenvalue weighted by molar-refractivity contribution is 6.46. The van der Waals surface area contributed by atoms with Crippen LogP contribution in [0.1, 0.15) is 37.9 Å². The minimum absolute atomic E-state index is 0.0496. The Kier molecular flexibility index (Phi) is 8.10. The molecular formula is C25H28ClFN2O4. The van der Waals surface area contributed by atoms with Gasteiger partial charge in [-0.25, -0.2) is 4.39 Å². The Morgan fingerprint density at radius 1 is 1.12 bits per heavy atom. The van der Waals surface area contributed by atoms with Crippen LogP contribution in [0.4, 0.5) is 4.39 Å². The largest absolute Gasteiger partial charge is 0.507 e. The van der Waals surface area contributed by atoms with Crippen LogP contribution in [0.15, 0.2) is 48.0 Å². The fraction of sp³-hybridized carbons (Fsp3) is 0.360. The Morgan fingerprint density at radius 2 is 1.79 bits per heavy atom. The van der Waals surface area contributed by atoms with Gasteiger partial charge in [-0.3, -0.25) is 9.59 Å². The van der Waals surface area contributed by atoms with Crippen LogP contribution in [0.3, 0.4) is 0 Å². The number of hydrogen-bond donors (Lipinski definition) is 1. The first kappa shape index (κ1) is 24.7. The molecular weight excluding hydrogens is 447 g/mol. The molecule has 2 aromatic carbocycles. The van der Waals surface area contributed by atoms with Crippen molar-refractivity contribution in [2.75, 3.05) is 32.8 Å². The van der Waals surface area contributed by atoms with Gasteiger partial charge in [0.25, 0.3) is 11.7 Å². The number of benzene rings is 2. The molecule has 1 atom stereocenters. The normalized spacial score (nSPS) is 17.8. The van der Waals surface area contributed by atoms with Gasteiger partial charge in [0, 0.05) is 18.7 Å². The van der Waals surface area contributed by atoms with E-state index in [-0.39, 0.29) is 28.5 Å². The number of nitrogens with zero attached hydrogens (tertiary/aromatic N) is 2.